The molecule has 24 heteroatoms. The van der Waals surface area contributed by atoms with Crippen molar-refractivity contribution in [3.63, 3.8) is 0 Å². The van der Waals surface area contributed by atoms with E-state index < -0.39 is 25.6 Å². The molecule has 6 rings (SSSR count). The van der Waals surface area contributed by atoms with Crippen molar-refractivity contribution >= 4 is 79.7 Å². The number of nitrogens with zero attached hydrogens (tertiary/aromatic N) is 7. The van der Waals surface area contributed by atoms with Crippen LogP contribution in [0.25, 0.3) is 12.2 Å². The zero-order valence-electron chi connectivity index (χ0n) is 41.5. The molecule has 0 saturated carbocycles. The molecular weight excluding hydrogens is 995 g/mol. The van der Waals surface area contributed by atoms with Crippen molar-refractivity contribution in [1.82, 2.24) is 35.2 Å². The van der Waals surface area contributed by atoms with Crippen molar-refractivity contribution in [2.75, 3.05) is 72.1 Å². The number of hydrogen-bond donors (Lipinski definition) is 7. The van der Waals surface area contributed by atoms with Gasteiger partial charge < -0.3 is 46.2 Å². The second kappa shape index (κ2) is 34.5. The number of para-hydroxylation sites is 1. The van der Waals surface area contributed by atoms with Crippen molar-refractivity contribution in [2.45, 2.75) is 69.6 Å². The molecule has 378 valence electrons. The summed E-state index contributed by atoms with van der Waals surface area (Å²) in [5, 5.41) is 35.7. The second-order valence-electron chi connectivity index (χ2n) is 15.9. The van der Waals surface area contributed by atoms with Gasteiger partial charge in [0.15, 0.2) is 0 Å². The molecule has 0 aliphatic rings. The Bertz CT molecular complexity index is 2800. The van der Waals surface area contributed by atoms with Gasteiger partial charge in [0.1, 0.15) is 15.9 Å². The van der Waals surface area contributed by atoms with Crippen LogP contribution < -0.4 is 90.6 Å². The number of aromatic nitrogens is 6. The molecule has 0 radical (unpaired) electrons. The minimum absolute atomic E-state index is 0. The zero-order valence-corrected chi connectivity index (χ0v) is 47.1. The molecule has 0 saturated heterocycles. The molecule has 6 aromatic rings. The summed E-state index contributed by atoms with van der Waals surface area (Å²) < 4.78 is 63.1. The Hall–Kier alpha value is -4.95. The van der Waals surface area contributed by atoms with Crippen molar-refractivity contribution in [1.29, 1.82) is 0 Å². The normalized spacial score (nSPS) is 10.8. The fraction of sp³-hybridized carbons (Fsp3) is 0.347. The molecule has 0 amide bonds. The Kier molecular flexibility index (Phi) is 29.5. The average Bonchev–Trinajstić information content (AvgIpc) is 3.34. The van der Waals surface area contributed by atoms with Crippen LogP contribution in [0.15, 0.2) is 102 Å². The SMILES string of the molecule is CCCCCCNCCCCCCNc1nc(Nc2c[c-]c(/C=C/c3ccc(Nc4nc(Cc5ccccc5)nc(N(CCO)CCO)n4)cc3S(=O)(=O)[O-])cc2)nc(Nc2ccccc2)n1.O=S(=O)=O.[Na+].[Na+]. The van der Waals surface area contributed by atoms with E-state index in [1.54, 1.807) is 29.2 Å². The van der Waals surface area contributed by atoms with Gasteiger partial charge in [-0.1, -0.05) is 99.7 Å². The van der Waals surface area contributed by atoms with Crippen molar-refractivity contribution in [3.8, 4) is 0 Å². The molecule has 2 heterocycles. The molecule has 0 aliphatic carbocycles. The van der Waals surface area contributed by atoms with E-state index in [-0.39, 0.29) is 109 Å². The van der Waals surface area contributed by atoms with Gasteiger partial charge in [-0.05, 0) is 73.4 Å². The van der Waals surface area contributed by atoms with Crippen LogP contribution in [0, 0.1) is 6.07 Å². The summed E-state index contributed by atoms with van der Waals surface area (Å²) in [5.41, 5.74) is 3.47. The second-order valence-corrected chi connectivity index (χ2v) is 17.7. The maximum absolute atomic E-state index is 12.6. The third-order valence-electron chi connectivity index (χ3n) is 10.4. The predicted molar refractivity (Wildman–Crippen MR) is 274 cm³/mol. The topological polar surface area (TPSA) is 290 Å². The molecule has 4 aromatic carbocycles. The van der Waals surface area contributed by atoms with Gasteiger partial charge in [-0.2, -0.15) is 35.5 Å². The predicted octanol–water partition coefficient (Wildman–Crippen LogP) is 0.690. The van der Waals surface area contributed by atoms with Gasteiger partial charge >= 0.3 is 69.7 Å². The number of unbranched alkanes of at least 4 members (excludes halogenated alkanes) is 6. The first-order chi connectivity index (χ1) is 34.4. The summed E-state index contributed by atoms with van der Waals surface area (Å²) >= 11 is 0. The molecule has 0 bridgehead atoms. The van der Waals surface area contributed by atoms with Gasteiger partial charge in [0.2, 0.25) is 29.7 Å². The molecule has 0 fully saturated rings. The quantitative estimate of drug-likeness (QED) is 0.0112. The third-order valence-corrected chi connectivity index (χ3v) is 11.3. The first kappa shape index (κ1) is 62.3. The zero-order chi connectivity index (χ0) is 50.7. The number of benzene rings is 4. The molecule has 73 heavy (non-hydrogen) atoms. The summed E-state index contributed by atoms with van der Waals surface area (Å²) in [6.45, 7) is 5.01. The Labute approximate surface area is 473 Å². The minimum atomic E-state index is -4.93. The summed E-state index contributed by atoms with van der Waals surface area (Å²) in [6, 6.07) is 32.1. The van der Waals surface area contributed by atoms with Crippen LogP contribution in [0.3, 0.4) is 0 Å². The van der Waals surface area contributed by atoms with Crippen molar-refractivity contribution in [2.24, 2.45) is 0 Å². The molecular formula is C49H60N12Na2O8S2. The number of nitrogens with one attached hydrogen (secondary N) is 5. The van der Waals surface area contributed by atoms with Crippen LogP contribution >= 0.6 is 0 Å². The number of hydrogen-bond acceptors (Lipinski definition) is 20. The third kappa shape index (κ3) is 23.9. The maximum atomic E-state index is 12.6. The largest absolute Gasteiger partial charge is 1.00 e. The number of aliphatic hydroxyl groups excluding tert-OH is 2. The first-order valence-corrected chi connectivity index (χ1v) is 25.7. The van der Waals surface area contributed by atoms with Crippen molar-refractivity contribution < 1.29 is 94.9 Å². The van der Waals surface area contributed by atoms with Gasteiger partial charge in [-0.15, -0.1) is 43.0 Å². The van der Waals surface area contributed by atoms with Crippen LogP contribution in [0.5, 0.6) is 0 Å². The van der Waals surface area contributed by atoms with Crippen LogP contribution in [0.4, 0.5) is 46.8 Å². The van der Waals surface area contributed by atoms with Crippen LogP contribution in [0.2, 0.25) is 0 Å². The smallest absolute Gasteiger partial charge is 0.744 e. The van der Waals surface area contributed by atoms with E-state index >= 15 is 0 Å². The Morgan fingerprint density at radius 2 is 1.21 bits per heavy atom. The van der Waals surface area contributed by atoms with Crippen molar-refractivity contribution in [3.05, 3.63) is 126 Å². The van der Waals surface area contributed by atoms with Gasteiger partial charge in [0, 0.05) is 37.4 Å². The maximum Gasteiger partial charge on any atom is 1.00 e. The number of rotatable bonds is 29. The summed E-state index contributed by atoms with van der Waals surface area (Å²) in [7, 11) is -8.04. The summed E-state index contributed by atoms with van der Waals surface area (Å²) in [4.78, 5) is 28.6. The van der Waals surface area contributed by atoms with Gasteiger partial charge in [0.25, 0.3) is 0 Å². The minimum Gasteiger partial charge on any atom is -0.744 e. The Balaban J connectivity index is 0.00000226. The van der Waals surface area contributed by atoms with E-state index in [1.165, 1.54) is 43.9 Å². The van der Waals surface area contributed by atoms with E-state index in [1.807, 2.05) is 66.7 Å². The number of aliphatic hydroxyl groups is 2. The molecule has 0 aliphatic heterocycles. The molecule has 20 nitrogen and oxygen atoms in total. The van der Waals surface area contributed by atoms with E-state index in [2.05, 4.69) is 69.5 Å². The molecule has 0 spiro atoms. The molecule has 0 unspecified atom stereocenters. The van der Waals surface area contributed by atoms with E-state index in [0.29, 0.717) is 41.3 Å². The summed E-state index contributed by atoms with van der Waals surface area (Å²) in [6.07, 6.45) is 13.0. The Morgan fingerprint density at radius 3 is 1.81 bits per heavy atom. The fourth-order valence-electron chi connectivity index (χ4n) is 6.99. The van der Waals surface area contributed by atoms with Crippen LogP contribution in [-0.4, -0.2) is 112 Å². The Morgan fingerprint density at radius 1 is 0.644 bits per heavy atom. The van der Waals surface area contributed by atoms with Crippen LogP contribution in [0.1, 0.15) is 80.8 Å². The average molecular weight is 1060 g/mol. The molecule has 7 N–H and O–H groups in total. The number of anilines is 8. The first-order valence-electron chi connectivity index (χ1n) is 23.3. The van der Waals surface area contributed by atoms with Gasteiger partial charge in [0.05, 0.1) is 18.1 Å². The van der Waals surface area contributed by atoms with E-state index in [9.17, 15) is 23.2 Å². The fourth-order valence-corrected chi connectivity index (χ4v) is 7.68. The van der Waals surface area contributed by atoms with E-state index in [0.717, 1.165) is 56.6 Å². The van der Waals surface area contributed by atoms with Crippen LogP contribution in [-0.2, 0) is 27.1 Å². The molecule has 0 atom stereocenters. The monoisotopic (exact) mass is 1050 g/mol. The standard InChI is InChI=1S/C49H61N12O5S.2Na.O3S/c1-2-3-4-13-28-50-29-14-5-6-15-30-51-45-57-47(52-40-18-11-8-12-19-40)59-48(58-45)53-41-25-21-37(22-26-41)20-23-39-24-27-42(36-43(39)67(64,65)66)54-46-55-44(35-38-16-9-7-10-17-38)56-49(60-46)61(31-33-62)32-34-63;;;1-4(2)3/h7-12,16-21,23-27,36,50,62-63H,2-6,13-15,28-35H2,1H3,(H,64,65,66)(H,54,55,56,60)(H3,51,52,53,57,58,59);;;/q-1;2*+1;/p-1/b23-20+;;;. The van der Waals surface area contributed by atoms with Gasteiger partial charge in [-0.25, -0.2) is 8.42 Å². The van der Waals surface area contributed by atoms with E-state index in [4.69, 9.17) is 12.6 Å². The molecule has 2 aromatic heterocycles. The summed E-state index contributed by atoms with van der Waals surface area (Å²) in [5.74, 6) is 1.83. The van der Waals surface area contributed by atoms with Gasteiger partial charge in [-0.3, -0.25) is 0 Å².